The molecule has 2 heterocycles. The summed E-state index contributed by atoms with van der Waals surface area (Å²) in [4.78, 5) is 8.70. The Labute approximate surface area is 148 Å². The number of phenols is 2. The molecule has 126 valence electrons. The fourth-order valence-corrected chi connectivity index (χ4v) is 2.62. The first-order valence-corrected chi connectivity index (χ1v) is 7.94. The number of aromatic nitrogens is 2. The van der Waals surface area contributed by atoms with Gasteiger partial charge in [-0.25, -0.2) is 9.97 Å². The van der Waals surface area contributed by atoms with E-state index in [-0.39, 0.29) is 11.5 Å². The molecule has 0 saturated heterocycles. The third kappa shape index (κ3) is 3.08. The van der Waals surface area contributed by atoms with Gasteiger partial charge in [0, 0.05) is 10.8 Å². The Kier molecular flexibility index (Phi) is 3.99. The number of phenolic OH excluding ortho intramolecular Hbond substituents is 2. The molecule has 0 radical (unpaired) electrons. The second-order valence-corrected chi connectivity index (χ2v) is 5.66. The molecule has 26 heavy (non-hydrogen) atoms. The van der Waals surface area contributed by atoms with Crippen molar-refractivity contribution >= 4 is 34.2 Å². The lowest BCUT2D eigenvalue weighted by atomic mass is 10.2. The summed E-state index contributed by atoms with van der Waals surface area (Å²) in [6.45, 7) is 0. The third-order valence-electron chi connectivity index (χ3n) is 3.89. The van der Waals surface area contributed by atoms with Gasteiger partial charge in [0.2, 0.25) is 0 Å². The molecule has 4 aromatic rings. The molecule has 0 aliphatic heterocycles. The van der Waals surface area contributed by atoms with E-state index in [1.807, 2.05) is 24.3 Å². The number of aromatic hydroxyl groups is 2. The van der Waals surface area contributed by atoms with Crippen LogP contribution in [0.25, 0.3) is 21.8 Å². The minimum Gasteiger partial charge on any atom is -0.506 e. The predicted octanol–water partition coefficient (Wildman–Crippen LogP) is 3.65. The fraction of sp³-hybridized carbons (Fsp3) is 0. The molecule has 0 fully saturated rings. The van der Waals surface area contributed by atoms with E-state index in [0.717, 1.165) is 10.8 Å². The summed E-state index contributed by atoms with van der Waals surface area (Å²) in [5.41, 5.74) is 2.21. The van der Waals surface area contributed by atoms with Gasteiger partial charge in [-0.05, 0) is 24.3 Å². The van der Waals surface area contributed by atoms with Crippen molar-refractivity contribution in [2.75, 3.05) is 0 Å². The molecule has 2 N–H and O–H groups in total. The summed E-state index contributed by atoms with van der Waals surface area (Å²) in [6.07, 6.45) is 3.00. The smallest absolute Gasteiger partial charge is 0.141 e. The zero-order chi connectivity index (χ0) is 17.9. The van der Waals surface area contributed by atoms with Gasteiger partial charge in [-0.1, -0.05) is 36.4 Å². The van der Waals surface area contributed by atoms with Gasteiger partial charge in [-0.15, -0.1) is 0 Å². The van der Waals surface area contributed by atoms with Crippen LogP contribution in [0.4, 0.5) is 0 Å². The molecule has 0 aliphatic carbocycles. The molecular weight excluding hydrogens is 328 g/mol. The van der Waals surface area contributed by atoms with E-state index in [4.69, 9.17) is 0 Å². The summed E-state index contributed by atoms with van der Waals surface area (Å²) in [7, 11) is 0. The van der Waals surface area contributed by atoms with E-state index >= 15 is 0 Å². The lowest BCUT2D eigenvalue weighted by Crippen LogP contribution is -1.90. The first-order valence-electron chi connectivity index (χ1n) is 7.94. The van der Waals surface area contributed by atoms with E-state index in [2.05, 4.69) is 20.2 Å². The highest BCUT2D eigenvalue weighted by Gasteiger charge is 2.02. The van der Waals surface area contributed by atoms with Gasteiger partial charge in [0.1, 0.15) is 22.5 Å². The zero-order valence-electron chi connectivity index (χ0n) is 13.6. The lowest BCUT2D eigenvalue weighted by molar-refractivity contribution is 0.480. The van der Waals surface area contributed by atoms with Crippen LogP contribution >= 0.6 is 0 Å². The van der Waals surface area contributed by atoms with Crippen molar-refractivity contribution in [1.29, 1.82) is 0 Å². The van der Waals surface area contributed by atoms with Crippen LogP contribution in [0, 0.1) is 0 Å². The highest BCUT2D eigenvalue weighted by molar-refractivity contribution is 5.90. The van der Waals surface area contributed by atoms with Gasteiger partial charge in [-0.2, -0.15) is 10.2 Å². The van der Waals surface area contributed by atoms with Crippen LogP contribution in [-0.4, -0.2) is 32.6 Å². The van der Waals surface area contributed by atoms with Crippen molar-refractivity contribution < 1.29 is 10.2 Å². The minimum absolute atomic E-state index is 0.126. The Balaban J connectivity index is 1.56. The molecule has 6 nitrogen and oxygen atoms in total. The normalized spacial score (nSPS) is 11.8. The largest absolute Gasteiger partial charge is 0.506 e. The Morgan fingerprint density at radius 3 is 1.54 bits per heavy atom. The van der Waals surface area contributed by atoms with E-state index < -0.39 is 0 Å². The van der Waals surface area contributed by atoms with Gasteiger partial charge < -0.3 is 10.2 Å². The molecule has 0 aliphatic rings. The zero-order valence-corrected chi connectivity index (χ0v) is 13.6. The average Bonchev–Trinajstić information content (AvgIpc) is 2.66. The van der Waals surface area contributed by atoms with Crippen molar-refractivity contribution in [3.8, 4) is 11.5 Å². The molecule has 6 heteroatoms. The Morgan fingerprint density at radius 1 is 0.615 bits per heavy atom. The number of fused-ring (bicyclic) bond motifs is 2. The second kappa shape index (κ2) is 6.60. The molecule has 0 saturated carbocycles. The van der Waals surface area contributed by atoms with Gasteiger partial charge in [-0.3, -0.25) is 0 Å². The quantitative estimate of drug-likeness (QED) is 0.439. The van der Waals surface area contributed by atoms with Crippen LogP contribution in [0.2, 0.25) is 0 Å². The van der Waals surface area contributed by atoms with Gasteiger partial charge in [0.15, 0.2) is 0 Å². The highest BCUT2D eigenvalue weighted by atomic mass is 16.3. The van der Waals surface area contributed by atoms with Crippen molar-refractivity contribution in [1.82, 2.24) is 9.97 Å². The van der Waals surface area contributed by atoms with Crippen molar-refractivity contribution in [3.05, 3.63) is 72.1 Å². The maximum absolute atomic E-state index is 9.86. The topological polar surface area (TPSA) is 91.0 Å². The van der Waals surface area contributed by atoms with E-state index in [1.54, 1.807) is 36.4 Å². The van der Waals surface area contributed by atoms with Crippen LogP contribution in [0.5, 0.6) is 11.5 Å². The third-order valence-corrected chi connectivity index (χ3v) is 3.89. The number of rotatable bonds is 3. The van der Waals surface area contributed by atoms with Crippen LogP contribution in [0.1, 0.15) is 11.4 Å². The maximum atomic E-state index is 9.86. The molecule has 0 amide bonds. The summed E-state index contributed by atoms with van der Waals surface area (Å²) in [5, 5.41) is 29.4. The standard InChI is InChI=1S/C20H14N4O2/c25-17-5-1-3-13-7-9-15(23-19(13)17)11-21-22-12-16-10-8-14-4-2-6-18(26)20(14)24-16/h1-12,25-26H/b21-11-,22-12-. The van der Waals surface area contributed by atoms with Gasteiger partial charge in [0.05, 0.1) is 23.8 Å². The molecule has 0 atom stereocenters. The number of pyridine rings is 2. The molecule has 2 aromatic carbocycles. The Hall–Kier alpha value is -3.80. The monoisotopic (exact) mass is 342 g/mol. The molecule has 4 rings (SSSR count). The molecule has 2 aromatic heterocycles. The first-order chi connectivity index (χ1) is 12.7. The lowest BCUT2D eigenvalue weighted by Gasteiger charge is -2.00. The van der Waals surface area contributed by atoms with E-state index in [0.29, 0.717) is 22.4 Å². The molecular formula is C20H14N4O2. The summed E-state index contributed by atoms with van der Waals surface area (Å²) in [5.74, 6) is 0.253. The van der Waals surface area contributed by atoms with E-state index in [1.165, 1.54) is 12.4 Å². The van der Waals surface area contributed by atoms with Gasteiger partial charge in [0.25, 0.3) is 0 Å². The number of hydrogen-bond acceptors (Lipinski definition) is 6. The van der Waals surface area contributed by atoms with Crippen molar-refractivity contribution in [2.45, 2.75) is 0 Å². The minimum atomic E-state index is 0.126. The SMILES string of the molecule is Oc1cccc2ccc(/C=N\N=C/c3ccc4cccc(O)c4n3)nc12. The molecule has 0 spiro atoms. The molecule has 0 bridgehead atoms. The Morgan fingerprint density at radius 2 is 1.08 bits per heavy atom. The molecule has 0 unspecified atom stereocenters. The Bertz CT molecular complexity index is 1080. The highest BCUT2D eigenvalue weighted by Crippen LogP contribution is 2.22. The number of benzene rings is 2. The van der Waals surface area contributed by atoms with Crippen molar-refractivity contribution in [2.24, 2.45) is 10.2 Å². The van der Waals surface area contributed by atoms with Crippen LogP contribution in [0.3, 0.4) is 0 Å². The summed E-state index contributed by atoms with van der Waals surface area (Å²) >= 11 is 0. The van der Waals surface area contributed by atoms with Crippen LogP contribution < -0.4 is 0 Å². The maximum Gasteiger partial charge on any atom is 0.141 e. The van der Waals surface area contributed by atoms with Crippen molar-refractivity contribution in [3.63, 3.8) is 0 Å². The number of nitrogens with zero attached hydrogens (tertiary/aromatic N) is 4. The van der Waals surface area contributed by atoms with E-state index in [9.17, 15) is 10.2 Å². The summed E-state index contributed by atoms with van der Waals surface area (Å²) in [6, 6.07) is 17.8. The second-order valence-electron chi connectivity index (χ2n) is 5.66. The fourth-order valence-electron chi connectivity index (χ4n) is 2.62. The number of para-hydroxylation sites is 2. The average molecular weight is 342 g/mol. The predicted molar refractivity (Wildman–Crippen MR) is 102 cm³/mol. The summed E-state index contributed by atoms with van der Waals surface area (Å²) < 4.78 is 0. The first kappa shape index (κ1) is 15.7. The van der Waals surface area contributed by atoms with Crippen LogP contribution in [-0.2, 0) is 0 Å². The van der Waals surface area contributed by atoms with Gasteiger partial charge >= 0.3 is 0 Å². The number of hydrogen-bond donors (Lipinski definition) is 2. The van der Waals surface area contributed by atoms with Crippen LogP contribution in [0.15, 0.2) is 70.9 Å².